The zero-order chi connectivity index (χ0) is 17.9. The smallest absolute Gasteiger partial charge is 0.305 e. The van der Waals surface area contributed by atoms with Crippen LogP contribution >= 0.6 is 0 Å². The number of aliphatic carboxylic acids is 1. The Morgan fingerprint density at radius 1 is 1.08 bits per heavy atom. The molecule has 0 radical (unpaired) electrons. The van der Waals surface area contributed by atoms with Gasteiger partial charge in [-0.05, 0) is 37.5 Å². The van der Waals surface area contributed by atoms with Crippen molar-refractivity contribution in [1.82, 2.24) is 4.72 Å². The van der Waals surface area contributed by atoms with Crippen LogP contribution in [0.15, 0.2) is 47.4 Å². The molecule has 0 bridgehead atoms. The second-order valence-corrected chi connectivity index (χ2v) is 7.56. The van der Waals surface area contributed by atoms with Gasteiger partial charge in [0.05, 0.1) is 17.4 Å². The van der Waals surface area contributed by atoms with E-state index in [1.807, 2.05) is 6.92 Å². The van der Waals surface area contributed by atoms with Crippen LogP contribution in [0.2, 0.25) is 0 Å². The van der Waals surface area contributed by atoms with E-state index in [1.54, 1.807) is 56.3 Å². The summed E-state index contributed by atoms with van der Waals surface area (Å²) in [5, 5.41) is 9.12. The normalized spacial score (nSPS) is 12.8. The molecule has 0 heterocycles. The topological polar surface area (TPSA) is 83.5 Å². The molecule has 2 rings (SSSR count). The fourth-order valence-corrected chi connectivity index (χ4v) is 4.60. The van der Waals surface area contributed by atoms with Gasteiger partial charge in [-0.3, -0.25) is 4.79 Å². The van der Waals surface area contributed by atoms with Crippen molar-refractivity contribution in [2.24, 2.45) is 0 Å². The van der Waals surface area contributed by atoms with Gasteiger partial charge in [0.1, 0.15) is 0 Å². The van der Waals surface area contributed by atoms with E-state index in [4.69, 9.17) is 5.11 Å². The van der Waals surface area contributed by atoms with Gasteiger partial charge in [0.15, 0.2) is 0 Å². The van der Waals surface area contributed by atoms with Gasteiger partial charge in [-0.25, -0.2) is 13.1 Å². The van der Waals surface area contributed by atoms with Crippen molar-refractivity contribution in [2.45, 2.75) is 38.1 Å². The molecule has 0 aromatic heterocycles. The molecule has 24 heavy (non-hydrogen) atoms. The van der Waals surface area contributed by atoms with Gasteiger partial charge in [-0.15, -0.1) is 0 Å². The first-order valence-corrected chi connectivity index (χ1v) is 9.06. The van der Waals surface area contributed by atoms with Gasteiger partial charge in [0.2, 0.25) is 10.0 Å². The summed E-state index contributed by atoms with van der Waals surface area (Å²) in [5.74, 6) is -1.07. The number of nitrogens with one attached hydrogen (secondary N) is 1. The first-order valence-electron chi connectivity index (χ1n) is 7.57. The van der Waals surface area contributed by atoms with Crippen molar-refractivity contribution in [2.75, 3.05) is 0 Å². The molecular weight excluding hydrogens is 326 g/mol. The van der Waals surface area contributed by atoms with Crippen molar-refractivity contribution in [3.8, 4) is 0 Å². The van der Waals surface area contributed by atoms with Crippen LogP contribution in [0.3, 0.4) is 0 Å². The molecule has 1 atom stereocenters. The van der Waals surface area contributed by atoms with Gasteiger partial charge >= 0.3 is 5.97 Å². The van der Waals surface area contributed by atoms with E-state index in [0.29, 0.717) is 16.7 Å². The first-order chi connectivity index (χ1) is 11.2. The summed E-state index contributed by atoms with van der Waals surface area (Å²) in [6.07, 6.45) is -0.326. The number of hydrogen-bond donors (Lipinski definition) is 2. The van der Waals surface area contributed by atoms with Crippen molar-refractivity contribution < 1.29 is 18.3 Å². The highest BCUT2D eigenvalue weighted by Crippen LogP contribution is 2.25. The summed E-state index contributed by atoms with van der Waals surface area (Å²) in [4.78, 5) is 11.4. The minimum absolute atomic E-state index is 0.208. The molecule has 0 aliphatic carbocycles. The molecule has 0 unspecified atom stereocenters. The van der Waals surface area contributed by atoms with Crippen LogP contribution < -0.4 is 4.72 Å². The number of benzene rings is 2. The van der Waals surface area contributed by atoms with E-state index < -0.39 is 22.0 Å². The molecule has 0 saturated heterocycles. The molecule has 2 aromatic carbocycles. The Labute approximate surface area is 142 Å². The summed E-state index contributed by atoms with van der Waals surface area (Å²) in [7, 11) is -3.84. The maximum atomic E-state index is 12.8. The number of hydrogen-bond acceptors (Lipinski definition) is 3. The number of aryl methyl sites for hydroxylation is 3. The Kier molecular flexibility index (Phi) is 5.41. The first kappa shape index (κ1) is 18.2. The maximum absolute atomic E-state index is 12.8. The number of carboxylic acid groups (broad SMARTS) is 1. The molecule has 2 N–H and O–H groups in total. The van der Waals surface area contributed by atoms with Gasteiger partial charge in [0.25, 0.3) is 0 Å². The molecule has 128 valence electrons. The van der Waals surface area contributed by atoms with Gasteiger partial charge in [0, 0.05) is 0 Å². The second-order valence-electron chi connectivity index (χ2n) is 5.91. The average Bonchev–Trinajstić information content (AvgIpc) is 2.45. The highest BCUT2D eigenvalue weighted by molar-refractivity contribution is 7.89. The van der Waals surface area contributed by atoms with E-state index in [0.717, 1.165) is 5.56 Å². The van der Waals surface area contributed by atoms with E-state index in [2.05, 4.69) is 4.72 Å². The van der Waals surface area contributed by atoms with Crippen molar-refractivity contribution in [1.29, 1.82) is 0 Å². The lowest BCUT2D eigenvalue weighted by Crippen LogP contribution is -2.31. The third-order valence-electron chi connectivity index (χ3n) is 3.75. The zero-order valence-electron chi connectivity index (χ0n) is 13.9. The Balaban J connectivity index is 2.43. The molecule has 0 aliphatic heterocycles. The fraction of sp³-hybridized carbons (Fsp3) is 0.278. The summed E-state index contributed by atoms with van der Waals surface area (Å²) >= 11 is 0. The lowest BCUT2D eigenvalue weighted by atomic mass is 10.1. The molecule has 0 saturated carbocycles. The Morgan fingerprint density at radius 3 is 2.12 bits per heavy atom. The molecular formula is C18H21NO4S. The van der Waals surface area contributed by atoms with Crippen molar-refractivity contribution in [3.05, 3.63) is 64.7 Å². The molecule has 2 aromatic rings. The predicted octanol–water partition coefficient (Wildman–Crippen LogP) is 3.11. The minimum Gasteiger partial charge on any atom is -0.481 e. The number of carbonyl (C=O) groups is 1. The standard InChI is InChI=1S/C18H21NO4S/c1-12-9-13(2)18(14(3)10-12)24(22,23)19-16(11-17(20)21)15-7-5-4-6-8-15/h4-10,16,19H,11H2,1-3H3,(H,20,21)/t16-/m1/s1. The van der Waals surface area contributed by atoms with E-state index in [1.165, 1.54) is 0 Å². The molecule has 0 amide bonds. The summed E-state index contributed by atoms with van der Waals surface area (Å²) in [6.45, 7) is 5.38. The SMILES string of the molecule is Cc1cc(C)c(S(=O)(=O)N[C@H](CC(=O)O)c2ccccc2)c(C)c1. The van der Waals surface area contributed by atoms with E-state index in [9.17, 15) is 13.2 Å². The maximum Gasteiger partial charge on any atom is 0.305 e. The van der Waals surface area contributed by atoms with E-state index in [-0.39, 0.29) is 11.3 Å². The molecule has 6 heteroatoms. The number of sulfonamides is 1. The van der Waals surface area contributed by atoms with Gasteiger partial charge in [-0.1, -0.05) is 48.0 Å². The van der Waals surface area contributed by atoms with Crippen LogP contribution in [0, 0.1) is 20.8 Å². The second kappa shape index (κ2) is 7.15. The molecule has 5 nitrogen and oxygen atoms in total. The third kappa shape index (κ3) is 4.21. The molecule has 0 aliphatic rings. The third-order valence-corrected chi connectivity index (χ3v) is 5.53. The van der Waals surface area contributed by atoms with E-state index >= 15 is 0 Å². The van der Waals surface area contributed by atoms with Gasteiger partial charge < -0.3 is 5.11 Å². The lowest BCUT2D eigenvalue weighted by molar-refractivity contribution is -0.137. The van der Waals surface area contributed by atoms with Crippen LogP contribution in [0.25, 0.3) is 0 Å². The van der Waals surface area contributed by atoms with Crippen molar-refractivity contribution >= 4 is 16.0 Å². The average molecular weight is 347 g/mol. The molecule has 0 fully saturated rings. The largest absolute Gasteiger partial charge is 0.481 e. The fourth-order valence-electron chi connectivity index (χ4n) is 2.92. The minimum atomic E-state index is -3.84. The van der Waals surface area contributed by atoms with Crippen LogP contribution in [0.5, 0.6) is 0 Å². The zero-order valence-corrected chi connectivity index (χ0v) is 14.7. The monoisotopic (exact) mass is 347 g/mol. The quantitative estimate of drug-likeness (QED) is 0.841. The van der Waals surface area contributed by atoms with Crippen molar-refractivity contribution in [3.63, 3.8) is 0 Å². The highest BCUT2D eigenvalue weighted by atomic mass is 32.2. The van der Waals surface area contributed by atoms with Gasteiger partial charge in [-0.2, -0.15) is 0 Å². The summed E-state index contributed by atoms with van der Waals surface area (Å²) in [5.41, 5.74) is 2.88. The lowest BCUT2D eigenvalue weighted by Gasteiger charge is -2.20. The molecule has 0 spiro atoms. The Hall–Kier alpha value is -2.18. The number of carboxylic acids is 1. The number of rotatable bonds is 6. The summed E-state index contributed by atoms with van der Waals surface area (Å²) < 4.78 is 28.2. The van der Waals surface area contributed by atoms with Crippen LogP contribution in [-0.2, 0) is 14.8 Å². The highest BCUT2D eigenvalue weighted by Gasteiger charge is 2.26. The van der Waals surface area contributed by atoms with Crippen LogP contribution in [-0.4, -0.2) is 19.5 Å². The Morgan fingerprint density at radius 2 is 1.62 bits per heavy atom. The Bertz CT molecular complexity index is 822. The summed E-state index contributed by atoms with van der Waals surface area (Å²) in [6, 6.07) is 11.5. The van der Waals surface area contributed by atoms with Crippen LogP contribution in [0.1, 0.15) is 34.7 Å². The predicted molar refractivity (Wildman–Crippen MR) is 92.4 cm³/mol. The van der Waals surface area contributed by atoms with Crippen LogP contribution in [0.4, 0.5) is 0 Å².